The molecule has 0 radical (unpaired) electrons. The van der Waals surface area contributed by atoms with Crippen LogP contribution in [-0.2, 0) is 9.53 Å². The zero-order valence-electron chi connectivity index (χ0n) is 15.2. The lowest BCUT2D eigenvalue weighted by atomic mass is 10.1. The second-order valence-corrected chi connectivity index (χ2v) is 5.73. The van der Waals surface area contributed by atoms with Gasteiger partial charge in [-0.05, 0) is 49.2 Å². The number of para-hydroxylation sites is 1. The van der Waals surface area contributed by atoms with Crippen molar-refractivity contribution in [3.63, 3.8) is 0 Å². The van der Waals surface area contributed by atoms with Gasteiger partial charge in [-0.2, -0.15) is 0 Å². The molecule has 1 N–H and O–H groups in total. The summed E-state index contributed by atoms with van der Waals surface area (Å²) in [4.78, 5) is 23.7. The van der Waals surface area contributed by atoms with E-state index in [0.29, 0.717) is 17.9 Å². The number of hydrogen-bond donors (Lipinski definition) is 1. The van der Waals surface area contributed by atoms with E-state index in [9.17, 15) is 9.59 Å². The molecule has 0 spiro atoms. The fourth-order valence-corrected chi connectivity index (χ4v) is 2.35. The van der Waals surface area contributed by atoms with Crippen molar-refractivity contribution >= 4 is 23.6 Å². The molecule has 0 aliphatic rings. The van der Waals surface area contributed by atoms with Gasteiger partial charge in [0, 0.05) is 17.3 Å². The molecule has 0 heterocycles. The fourth-order valence-electron chi connectivity index (χ4n) is 2.35. The van der Waals surface area contributed by atoms with Crippen LogP contribution >= 0.6 is 0 Å². The molecule has 0 unspecified atom stereocenters. The lowest BCUT2D eigenvalue weighted by Gasteiger charge is -2.09. The van der Waals surface area contributed by atoms with Crippen LogP contribution < -0.4 is 10.1 Å². The first-order valence-electron chi connectivity index (χ1n) is 8.45. The van der Waals surface area contributed by atoms with Crippen LogP contribution in [0.1, 0.15) is 34.8 Å². The van der Waals surface area contributed by atoms with E-state index in [1.807, 2.05) is 38.1 Å². The van der Waals surface area contributed by atoms with Crippen molar-refractivity contribution in [1.82, 2.24) is 0 Å². The molecule has 0 bridgehead atoms. The lowest BCUT2D eigenvalue weighted by Crippen LogP contribution is -2.10. The predicted octanol–water partition coefficient (Wildman–Crippen LogP) is 4.22. The molecule has 1 amide bonds. The summed E-state index contributed by atoms with van der Waals surface area (Å²) in [7, 11) is 1.33. The summed E-state index contributed by atoms with van der Waals surface area (Å²) in [6.45, 7) is 4.49. The molecule has 0 aromatic heterocycles. The van der Waals surface area contributed by atoms with Gasteiger partial charge < -0.3 is 14.8 Å². The van der Waals surface area contributed by atoms with E-state index in [4.69, 9.17) is 4.74 Å². The van der Waals surface area contributed by atoms with Gasteiger partial charge in [-0.1, -0.05) is 25.1 Å². The van der Waals surface area contributed by atoms with Crippen molar-refractivity contribution in [2.75, 3.05) is 19.0 Å². The third-order valence-electron chi connectivity index (χ3n) is 3.70. The van der Waals surface area contributed by atoms with Crippen molar-refractivity contribution in [1.29, 1.82) is 0 Å². The zero-order chi connectivity index (χ0) is 18.9. The van der Waals surface area contributed by atoms with Crippen molar-refractivity contribution in [3.8, 4) is 5.75 Å². The van der Waals surface area contributed by atoms with Crippen molar-refractivity contribution < 1.29 is 19.1 Å². The van der Waals surface area contributed by atoms with Crippen LogP contribution in [0, 0.1) is 6.92 Å². The number of benzene rings is 2. The zero-order valence-corrected chi connectivity index (χ0v) is 15.2. The summed E-state index contributed by atoms with van der Waals surface area (Å²) >= 11 is 0. The van der Waals surface area contributed by atoms with E-state index in [1.54, 1.807) is 24.3 Å². The SMILES string of the molecule is CCCOc1ccccc1/C=C/C(=O)Nc1ccc(C(=O)OC)cc1C. The Kier molecular flexibility index (Phi) is 6.97. The number of anilines is 1. The first-order chi connectivity index (χ1) is 12.5. The predicted molar refractivity (Wildman–Crippen MR) is 102 cm³/mol. The highest BCUT2D eigenvalue weighted by Gasteiger charge is 2.09. The Balaban J connectivity index is 2.07. The molecule has 0 aliphatic carbocycles. The maximum absolute atomic E-state index is 12.2. The minimum absolute atomic E-state index is 0.260. The van der Waals surface area contributed by atoms with Crippen molar-refractivity contribution in [3.05, 3.63) is 65.2 Å². The number of rotatable bonds is 7. The summed E-state index contributed by atoms with van der Waals surface area (Å²) in [5, 5.41) is 2.81. The quantitative estimate of drug-likeness (QED) is 0.598. The first-order valence-corrected chi connectivity index (χ1v) is 8.45. The van der Waals surface area contributed by atoms with Gasteiger partial charge >= 0.3 is 5.97 Å². The third kappa shape index (κ3) is 5.21. The summed E-state index contributed by atoms with van der Waals surface area (Å²) in [6, 6.07) is 12.5. The lowest BCUT2D eigenvalue weighted by molar-refractivity contribution is -0.111. The normalized spacial score (nSPS) is 10.6. The molecule has 26 heavy (non-hydrogen) atoms. The van der Waals surface area contributed by atoms with E-state index >= 15 is 0 Å². The van der Waals surface area contributed by atoms with Crippen LogP contribution in [-0.4, -0.2) is 25.6 Å². The van der Waals surface area contributed by atoms with Gasteiger partial charge in [-0.15, -0.1) is 0 Å². The highest BCUT2D eigenvalue weighted by atomic mass is 16.5. The topological polar surface area (TPSA) is 64.6 Å². The molecule has 2 aromatic carbocycles. The molecule has 0 saturated heterocycles. The minimum atomic E-state index is -0.408. The van der Waals surface area contributed by atoms with Crippen LogP contribution in [0.25, 0.3) is 6.08 Å². The van der Waals surface area contributed by atoms with Crippen LogP contribution in [0.3, 0.4) is 0 Å². The van der Waals surface area contributed by atoms with E-state index in [0.717, 1.165) is 23.3 Å². The number of carbonyl (C=O) groups is 2. The molecule has 0 fully saturated rings. The van der Waals surface area contributed by atoms with Crippen molar-refractivity contribution in [2.45, 2.75) is 20.3 Å². The number of nitrogens with one attached hydrogen (secondary N) is 1. The van der Waals surface area contributed by atoms with Gasteiger partial charge in [-0.25, -0.2) is 4.79 Å². The molecular weight excluding hydrogens is 330 g/mol. The van der Waals surface area contributed by atoms with Gasteiger partial charge in [-0.3, -0.25) is 4.79 Å². The first kappa shape index (κ1) is 19.2. The smallest absolute Gasteiger partial charge is 0.337 e. The van der Waals surface area contributed by atoms with Gasteiger partial charge in [0.2, 0.25) is 5.91 Å². The number of amides is 1. The monoisotopic (exact) mass is 353 g/mol. The van der Waals surface area contributed by atoms with Gasteiger partial charge in [0.25, 0.3) is 0 Å². The molecule has 0 saturated carbocycles. The highest BCUT2D eigenvalue weighted by Crippen LogP contribution is 2.20. The highest BCUT2D eigenvalue weighted by molar-refractivity contribution is 6.03. The van der Waals surface area contributed by atoms with Gasteiger partial charge in [0.15, 0.2) is 0 Å². The molecule has 0 aliphatic heterocycles. The van der Waals surface area contributed by atoms with E-state index in [2.05, 4.69) is 10.1 Å². The summed E-state index contributed by atoms with van der Waals surface area (Å²) in [5.41, 5.74) is 2.71. The molecule has 136 valence electrons. The minimum Gasteiger partial charge on any atom is -0.493 e. The van der Waals surface area contributed by atoms with Crippen LogP contribution in [0.2, 0.25) is 0 Å². The second-order valence-electron chi connectivity index (χ2n) is 5.73. The average molecular weight is 353 g/mol. The number of aryl methyl sites for hydroxylation is 1. The molecule has 2 aromatic rings. The van der Waals surface area contributed by atoms with Gasteiger partial charge in [0.1, 0.15) is 5.75 Å². The summed E-state index contributed by atoms with van der Waals surface area (Å²) in [6.07, 6.45) is 4.10. The Bertz CT molecular complexity index is 811. The van der Waals surface area contributed by atoms with E-state index in [-0.39, 0.29) is 5.91 Å². The molecular formula is C21H23NO4. The maximum atomic E-state index is 12.2. The number of ether oxygens (including phenoxy) is 2. The Labute approximate surface area is 153 Å². The largest absolute Gasteiger partial charge is 0.493 e. The number of hydrogen-bond acceptors (Lipinski definition) is 4. The van der Waals surface area contributed by atoms with Crippen LogP contribution in [0.4, 0.5) is 5.69 Å². The Morgan fingerprint density at radius 3 is 2.62 bits per heavy atom. The molecule has 5 nitrogen and oxygen atoms in total. The summed E-state index contributed by atoms with van der Waals surface area (Å²) in [5.74, 6) is 0.0794. The summed E-state index contributed by atoms with van der Waals surface area (Å²) < 4.78 is 10.4. The van der Waals surface area contributed by atoms with Crippen LogP contribution in [0.15, 0.2) is 48.5 Å². The molecule has 5 heteroatoms. The Morgan fingerprint density at radius 1 is 1.15 bits per heavy atom. The Hall–Kier alpha value is -3.08. The maximum Gasteiger partial charge on any atom is 0.337 e. The number of carbonyl (C=O) groups excluding carboxylic acids is 2. The van der Waals surface area contributed by atoms with Gasteiger partial charge in [0.05, 0.1) is 19.3 Å². The van der Waals surface area contributed by atoms with E-state index in [1.165, 1.54) is 13.2 Å². The number of methoxy groups -OCH3 is 1. The standard InChI is InChI=1S/C21H23NO4/c1-4-13-26-19-8-6-5-7-16(19)10-12-20(23)22-18-11-9-17(14-15(18)2)21(24)25-3/h5-12,14H,4,13H2,1-3H3,(H,22,23)/b12-10+. The van der Waals surface area contributed by atoms with E-state index < -0.39 is 5.97 Å². The molecule has 0 atom stereocenters. The third-order valence-corrected chi connectivity index (χ3v) is 3.70. The molecule has 2 rings (SSSR count). The fraction of sp³-hybridized carbons (Fsp3) is 0.238. The number of esters is 1. The van der Waals surface area contributed by atoms with Crippen molar-refractivity contribution in [2.24, 2.45) is 0 Å². The van der Waals surface area contributed by atoms with Crippen LogP contribution in [0.5, 0.6) is 5.75 Å². The Morgan fingerprint density at radius 2 is 1.92 bits per heavy atom. The average Bonchev–Trinajstić information content (AvgIpc) is 2.66. The second kappa shape index (κ2) is 9.42.